The van der Waals surface area contributed by atoms with Crippen LogP contribution in [0.5, 0.6) is 0 Å². The van der Waals surface area contributed by atoms with E-state index in [1.54, 1.807) is 57.8 Å². The van der Waals surface area contributed by atoms with Crippen LogP contribution in [0.15, 0.2) is 0 Å². The third-order valence-corrected chi connectivity index (χ3v) is 6.51. The topological polar surface area (TPSA) is 0 Å². The van der Waals surface area contributed by atoms with Crippen LogP contribution in [0.25, 0.3) is 0 Å². The van der Waals surface area contributed by atoms with Gasteiger partial charge in [-0.3, -0.25) is 0 Å². The van der Waals surface area contributed by atoms with Crippen molar-refractivity contribution in [2.24, 2.45) is 29.6 Å². The molecule has 0 nitrogen and oxygen atoms in total. The molecule has 0 atom stereocenters. The van der Waals surface area contributed by atoms with Gasteiger partial charge in [-0.25, -0.2) is 0 Å². The van der Waals surface area contributed by atoms with E-state index in [2.05, 4.69) is 6.92 Å². The Morgan fingerprint density at radius 1 is 0.611 bits per heavy atom. The van der Waals surface area contributed by atoms with Crippen molar-refractivity contribution in [3.63, 3.8) is 0 Å². The highest BCUT2D eigenvalue weighted by molar-refractivity contribution is 4.83. The molecule has 0 bridgehead atoms. The Balaban J connectivity index is 1.39. The smallest absolute Gasteiger partial charge is 0.0386 e. The molecule has 3 aliphatic carbocycles. The van der Waals surface area contributed by atoms with Crippen LogP contribution in [0.4, 0.5) is 0 Å². The minimum absolute atomic E-state index is 1.02. The molecule has 0 aromatic heterocycles. The lowest BCUT2D eigenvalue weighted by molar-refractivity contribution is 0.131. The van der Waals surface area contributed by atoms with Crippen LogP contribution in [-0.4, -0.2) is 0 Å². The van der Waals surface area contributed by atoms with Gasteiger partial charge in [0.2, 0.25) is 0 Å². The molecule has 104 valence electrons. The van der Waals surface area contributed by atoms with Crippen LogP contribution in [0.2, 0.25) is 0 Å². The lowest BCUT2D eigenvalue weighted by atomic mass is 9.67. The molecule has 3 aliphatic rings. The summed E-state index contributed by atoms with van der Waals surface area (Å²) in [5, 5.41) is 0. The second-order valence-electron chi connectivity index (χ2n) is 7.83. The Morgan fingerprint density at radius 2 is 1.11 bits per heavy atom. The van der Waals surface area contributed by atoms with Gasteiger partial charge in [-0.2, -0.15) is 0 Å². The lowest BCUT2D eigenvalue weighted by Crippen LogP contribution is -2.26. The van der Waals surface area contributed by atoms with E-state index in [1.165, 1.54) is 19.3 Å². The second kappa shape index (κ2) is 5.97. The molecule has 0 amide bonds. The fourth-order valence-electron chi connectivity index (χ4n) is 4.85. The number of hydrogen-bond acceptors (Lipinski definition) is 0. The van der Waals surface area contributed by atoms with Gasteiger partial charge in [-0.1, -0.05) is 51.9 Å². The molecule has 3 saturated carbocycles. The molecule has 0 N–H and O–H groups in total. The molecular formula is C18H32. The van der Waals surface area contributed by atoms with E-state index in [0.717, 1.165) is 29.6 Å². The zero-order valence-corrected chi connectivity index (χ0v) is 12.4. The van der Waals surface area contributed by atoms with Crippen LogP contribution in [0.1, 0.15) is 84.0 Å². The molecule has 0 aromatic rings. The van der Waals surface area contributed by atoms with Crippen LogP contribution in [0.3, 0.4) is 0 Å². The maximum atomic E-state index is 2.45. The molecule has 0 radical (unpaired) electrons. The maximum absolute atomic E-state index is 2.45. The van der Waals surface area contributed by atoms with E-state index in [4.69, 9.17) is 0 Å². The SMILES string of the molecule is CC1CCC(C2CCC(CC3CCC3)CC2)CC1. The molecule has 18 heavy (non-hydrogen) atoms. The molecule has 3 fully saturated rings. The minimum atomic E-state index is 1.02. The first-order valence-corrected chi connectivity index (χ1v) is 8.81. The molecule has 3 rings (SSSR count). The van der Waals surface area contributed by atoms with Gasteiger partial charge in [-0.15, -0.1) is 0 Å². The normalized spacial score (nSPS) is 42.5. The molecule has 0 saturated heterocycles. The van der Waals surface area contributed by atoms with Crippen molar-refractivity contribution >= 4 is 0 Å². The molecular weight excluding hydrogens is 216 g/mol. The molecule has 0 heteroatoms. The molecule has 0 spiro atoms. The van der Waals surface area contributed by atoms with E-state index in [-0.39, 0.29) is 0 Å². The lowest BCUT2D eigenvalue weighted by Gasteiger charge is -2.39. The van der Waals surface area contributed by atoms with Crippen molar-refractivity contribution in [2.75, 3.05) is 0 Å². The van der Waals surface area contributed by atoms with Gasteiger partial charge in [0.1, 0.15) is 0 Å². The summed E-state index contributed by atoms with van der Waals surface area (Å²) in [6.07, 6.45) is 18.7. The van der Waals surface area contributed by atoms with E-state index in [1.807, 2.05) is 0 Å². The summed E-state index contributed by atoms with van der Waals surface area (Å²) in [5.74, 6) is 5.52. The summed E-state index contributed by atoms with van der Waals surface area (Å²) in [6.45, 7) is 2.45. The van der Waals surface area contributed by atoms with Crippen molar-refractivity contribution in [1.82, 2.24) is 0 Å². The average Bonchev–Trinajstić information content (AvgIpc) is 2.36. The minimum Gasteiger partial charge on any atom is -0.0625 e. The zero-order valence-electron chi connectivity index (χ0n) is 12.4. The van der Waals surface area contributed by atoms with Gasteiger partial charge in [-0.05, 0) is 61.7 Å². The predicted octanol–water partition coefficient (Wildman–Crippen LogP) is 5.81. The van der Waals surface area contributed by atoms with E-state index < -0.39 is 0 Å². The van der Waals surface area contributed by atoms with E-state index in [0.29, 0.717) is 0 Å². The summed E-state index contributed by atoms with van der Waals surface area (Å²) < 4.78 is 0. The van der Waals surface area contributed by atoms with Crippen LogP contribution in [-0.2, 0) is 0 Å². The third-order valence-electron chi connectivity index (χ3n) is 6.51. The summed E-state index contributed by atoms with van der Waals surface area (Å²) >= 11 is 0. The van der Waals surface area contributed by atoms with Crippen molar-refractivity contribution in [3.05, 3.63) is 0 Å². The summed E-state index contributed by atoms with van der Waals surface area (Å²) in [6, 6.07) is 0. The van der Waals surface area contributed by atoms with E-state index >= 15 is 0 Å². The fourth-order valence-corrected chi connectivity index (χ4v) is 4.85. The van der Waals surface area contributed by atoms with Crippen LogP contribution in [0, 0.1) is 29.6 Å². The Labute approximate surface area is 114 Å². The van der Waals surface area contributed by atoms with Gasteiger partial charge in [0.15, 0.2) is 0 Å². The molecule has 0 aromatic carbocycles. The molecule has 0 aliphatic heterocycles. The highest BCUT2D eigenvalue weighted by Crippen LogP contribution is 2.44. The van der Waals surface area contributed by atoms with Gasteiger partial charge in [0.25, 0.3) is 0 Å². The standard InChI is InChI=1S/C18H32/c1-14-5-9-17(10-6-14)18-11-7-16(8-12-18)13-15-3-2-4-15/h14-18H,2-13H2,1H3. The van der Waals surface area contributed by atoms with Crippen molar-refractivity contribution < 1.29 is 0 Å². The first-order chi connectivity index (χ1) is 8.81. The predicted molar refractivity (Wildman–Crippen MR) is 78.5 cm³/mol. The summed E-state index contributed by atoms with van der Waals surface area (Å²) in [4.78, 5) is 0. The van der Waals surface area contributed by atoms with Gasteiger partial charge >= 0.3 is 0 Å². The monoisotopic (exact) mass is 248 g/mol. The largest absolute Gasteiger partial charge is 0.0625 e. The van der Waals surface area contributed by atoms with Crippen molar-refractivity contribution in [3.8, 4) is 0 Å². The molecule has 0 heterocycles. The maximum Gasteiger partial charge on any atom is -0.0386 e. The Hall–Kier alpha value is 0. The van der Waals surface area contributed by atoms with Crippen molar-refractivity contribution in [2.45, 2.75) is 84.0 Å². The summed E-state index contributed by atoms with van der Waals surface area (Å²) in [7, 11) is 0. The van der Waals surface area contributed by atoms with E-state index in [9.17, 15) is 0 Å². The highest BCUT2D eigenvalue weighted by Gasteiger charge is 2.31. The first-order valence-electron chi connectivity index (χ1n) is 8.81. The number of rotatable bonds is 3. The van der Waals surface area contributed by atoms with Crippen LogP contribution < -0.4 is 0 Å². The first kappa shape index (κ1) is 13.0. The Morgan fingerprint density at radius 3 is 1.61 bits per heavy atom. The highest BCUT2D eigenvalue weighted by atomic mass is 14.4. The van der Waals surface area contributed by atoms with Gasteiger partial charge in [0.05, 0.1) is 0 Å². The fraction of sp³-hybridized carbons (Fsp3) is 1.00. The quantitative estimate of drug-likeness (QED) is 0.591. The molecule has 0 unspecified atom stereocenters. The van der Waals surface area contributed by atoms with Crippen LogP contribution >= 0.6 is 0 Å². The second-order valence-corrected chi connectivity index (χ2v) is 7.83. The zero-order chi connectivity index (χ0) is 12.4. The Bertz CT molecular complexity index is 237. The third kappa shape index (κ3) is 3.11. The number of hydrogen-bond donors (Lipinski definition) is 0. The van der Waals surface area contributed by atoms with Crippen molar-refractivity contribution in [1.29, 1.82) is 0 Å². The average molecular weight is 248 g/mol. The summed E-state index contributed by atoms with van der Waals surface area (Å²) in [5.41, 5.74) is 0. The van der Waals surface area contributed by atoms with Gasteiger partial charge < -0.3 is 0 Å². The Kier molecular flexibility index (Phi) is 4.31. The van der Waals surface area contributed by atoms with Gasteiger partial charge in [0, 0.05) is 0 Å².